The van der Waals surface area contributed by atoms with Crippen molar-refractivity contribution in [3.05, 3.63) is 27.0 Å². The molecule has 1 aromatic heterocycles. The van der Waals surface area contributed by atoms with Crippen molar-refractivity contribution in [3.63, 3.8) is 0 Å². The highest BCUT2D eigenvalue weighted by Crippen LogP contribution is 2.43. The van der Waals surface area contributed by atoms with E-state index >= 15 is 0 Å². The smallest absolute Gasteiger partial charge is 0.347 e. The van der Waals surface area contributed by atoms with Gasteiger partial charge in [0.25, 0.3) is 5.56 Å². The van der Waals surface area contributed by atoms with Gasteiger partial charge in [-0.05, 0) is 18.5 Å². The fourth-order valence-electron chi connectivity index (χ4n) is 2.06. The molecule has 0 radical (unpaired) electrons. The fourth-order valence-corrected chi connectivity index (χ4v) is 2.58. The second-order valence-corrected chi connectivity index (χ2v) is 5.32. The topological polar surface area (TPSA) is 117 Å². The Morgan fingerprint density at radius 1 is 1.62 bits per heavy atom. The molecule has 0 spiro atoms. The lowest BCUT2D eigenvalue weighted by molar-refractivity contribution is -0.0810. The first-order chi connectivity index (χ1) is 9.81. The van der Waals surface area contributed by atoms with Gasteiger partial charge in [0.15, 0.2) is 11.1 Å². The zero-order valence-electron chi connectivity index (χ0n) is 10.7. The number of nitrogens with zero attached hydrogens (tertiary/aromatic N) is 2. The average molecular weight is 336 g/mol. The van der Waals surface area contributed by atoms with Crippen molar-refractivity contribution in [3.8, 4) is 11.3 Å². The summed E-state index contributed by atoms with van der Waals surface area (Å²) in [6.45, 7) is 1.38. The number of hydrogen-bond acceptors (Lipinski definition) is 6. The molecule has 1 saturated heterocycles. The summed E-state index contributed by atoms with van der Waals surface area (Å²) >= 11 is 11.6. The number of rotatable bonds is 2. The Morgan fingerprint density at radius 3 is 2.81 bits per heavy atom. The van der Waals surface area contributed by atoms with Crippen LogP contribution in [-0.2, 0) is 4.74 Å². The number of aliphatic hydroxyl groups excluding tert-OH is 2. The van der Waals surface area contributed by atoms with E-state index in [0.717, 1.165) is 10.9 Å². The molecule has 1 aromatic rings. The van der Waals surface area contributed by atoms with Crippen molar-refractivity contribution in [1.82, 2.24) is 14.8 Å². The lowest BCUT2D eigenvalue weighted by Crippen LogP contribution is -2.46. The summed E-state index contributed by atoms with van der Waals surface area (Å²) in [4.78, 5) is 23.0. The lowest BCUT2D eigenvalue weighted by atomic mass is 9.97. The Hall–Kier alpha value is -1.37. The third-order valence-corrected chi connectivity index (χ3v) is 3.66. The van der Waals surface area contributed by atoms with Gasteiger partial charge in [-0.1, -0.05) is 17.5 Å². The Bertz CT molecular complexity index is 706. The maximum atomic E-state index is 11.8. The number of alkyl halides is 1. The van der Waals surface area contributed by atoms with Crippen molar-refractivity contribution in [2.75, 3.05) is 0 Å². The maximum Gasteiger partial charge on any atom is 0.347 e. The van der Waals surface area contributed by atoms with Gasteiger partial charge in [0, 0.05) is 5.38 Å². The third-order valence-electron chi connectivity index (χ3n) is 3.06. The highest BCUT2D eigenvalue weighted by Gasteiger charge is 2.57. The molecule has 0 aliphatic carbocycles. The number of halogens is 2. The molecule has 0 amide bonds. The highest BCUT2D eigenvalue weighted by atomic mass is 35.5. The molecule has 1 aliphatic heterocycles. The van der Waals surface area contributed by atoms with Crippen LogP contribution < -0.4 is 11.2 Å². The number of nitrogens with one attached hydrogen (secondary N) is 1. The summed E-state index contributed by atoms with van der Waals surface area (Å²) in [6.07, 6.45) is -4.12. The molecule has 1 unspecified atom stereocenters. The molecule has 2 heterocycles. The Labute approximate surface area is 128 Å². The van der Waals surface area contributed by atoms with Crippen molar-refractivity contribution in [1.29, 1.82) is 0 Å². The number of aliphatic hydroxyl groups is 2. The summed E-state index contributed by atoms with van der Waals surface area (Å²) in [6, 6.07) is 0. The van der Waals surface area contributed by atoms with Crippen LogP contribution in [0.1, 0.15) is 13.2 Å². The fraction of sp³-hybridized carbons (Fsp3) is 0.545. The first-order valence-electron chi connectivity index (χ1n) is 5.82. The molecule has 0 saturated carbocycles. The van der Waals surface area contributed by atoms with Gasteiger partial charge in [0.05, 0.1) is 6.10 Å². The maximum absolute atomic E-state index is 11.8. The van der Waals surface area contributed by atoms with E-state index in [1.54, 1.807) is 0 Å². The number of aromatic amines is 1. The van der Waals surface area contributed by atoms with Gasteiger partial charge in [0.2, 0.25) is 0 Å². The van der Waals surface area contributed by atoms with Gasteiger partial charge in [0.1, 0.15) is 18.4 Å². The highest BCUT2D eigenvalue weighted by molar-refractivity contribution is 6.32. The summed E-state index contributed by atoms with van der Waals surface area (Å²) in [5.74, 6) is 2.35. The summed E-state index contributed by atoms with van der Waals surface area (Å²) < 4.78 is 6.12. The Kier molecular flexibility index (Phi) is 4.41. The van der Waals surface area contributed by atoms with Gasteiger partial charge >= 0.3 is 5.69 Å². The molecule has 5 atom stereocenters. The molecule has 1 fully saturated rings. The number of ether oxygens (including phenoxy) is 1. The average Bonchev–Trinajstić information content (AvgIpc) is 2.64. The van der Waals surface area contributed by atoms with Gasteiger partial charge in [-0.25, -0.2) is 4.79 Å². The summed E-state index contributed by atoms with van der Waals surface area (Å²) in [5, 5.41) is 25.4. The first-order valence-corrected chi connectivity index (χ1v) is 6.58. The van der Waals surface area contributed by atoms with E-state index in [0.29, 0.717) is 0 Å². The van der Waals surface area contributed by atoms with E-state index < -0.39 is 40.7 Å². The monoisotopic (exact) mass is 335 g/mol. The summed E-state index contributed by atoms with van der Waals surface area (Å²) in [7, 11) is 0. The van der Waals surface area contributed by atoms with Crippen LogP contribution in [0.4, 0.5) is 0 Å². The second kappa shape index (κ2) is 5.79. The van der Waals surface area contributed by atoms with E-state index in [2.05, 4.69) is 11.0 Å². The molecule has 0 aromatic carbocycles. The van der Waals surface area contributed by atoms with Gasteiger partial charge < -0.3 is 14.9 Å². The predicted octanol–water partition coefficient (Wildman–Crippen LogP) is -1.25. The minimum atomic E-state index is -1.81. The molecular formula is C11H11Cl2N3O5. The Morgan fingerprint density at radius 2 is 2.29 bits per heavy atom. The van der Waals surface area contributed by atoms with Gasteiger partial charge in [-0.3, -0.25) is 9.78 Å². The Balaban J connectivity index is 2.56. The first kappa shape index (κ1) is 16.0. The van der Waals surface area contributed by atoms with Gasteiger partial charge in [-0.15, -0.1) is 0 Å². The second-order valence-electron chi connectivity index (χ2n) is 4.51. The van der Waals surface area contributed by atoms with Crippen LogP contribution in [0.2, 0.25) is 0 Å². The molecule has 114 valence electrons. The minimum Gasteiger partial charge on any atom is -0.391 e. The van der Waals surface area contributed by atoms with E-state index in [9.17, 15) is 19.8 Å². The quantitative estimate of drug-likeness (QED) is 0.459. The van der Waals surface area contributed by atoms with Crippen LogP contribution in [0.25, 0.3) is 0 Å². The molecule has 2 rings (SSSR count). The van der Waals surface area contributed by atoms with Crippen molar-refractivity contribution >= 4 is 23.2 Å². The lowest BCUT2D eigenvalue weighted by Gasteiger charge is -2.24. The zero-order valence-corrected chi connectivity index (χ0v) is 12.2. The van der Waals surface area contributed by atoms with E-state index in [1.807, 2.05) is 10.4 Å². The summed E-state index contributed by atoms with van der Waals surface area (Å²) in [5.41, 5.74) is -1.60. The van der Waals surface area contributed by atoms with E-state index in [4.69, 9.17) is 27.9 Å². The standard InChI is InChI=1S/C11H11Cl2N3O5/c1-5(17)7-8(19)11(13,2-3-12)9(21-7)16-10(20)15-6(18)4-14-16/h4-5,7-9,17,19H,1H3,(H,15,18,20)/t5-,7+,8?,9+,11+/m0/s1. The number of aromatic nitrogens is 3. The third kappa shape index (κ3) is 2.71. The molecular weight excluding hydrogens is 325 g/mol. The molecule has 3 N–H and O–H groups in total. The van der Waals surface area contributed by atoms with E-state index in [1.165, 1.54) is 6.92 Å². The van der Waals surface area contributed by atoms with Crippen LogP contribution in [0, 0.1) is 11.3 Å². The van der Waals surface area contributed by atoms with Crippen molar-refractivity contribution < 1.29 is 14.9 Å². The number of hydrogen-bond donors (Lipinski definition) is 3. The normalized spacial score (nSPS) is 33.3. The van der Waals surface area contributed by atoms with E-state index in [-0.39, 0.29) is 0 Å². The molecule has 21 heavy (non-hydrogen) atoms. The molecule has 8 nitrogen and oxygen atoms in total. The minimum absolute atomic E-state index is 0.703. The van der Waals surface area contributed by atoms with Crippen LogP contribution in [0.5, 0.6) is 0 Å². The van der Waals surface area contributed by atoms with Crippen LogP contribution >= 0.6 is 23.2 Å². The molecule has 1 aliphatic rings. The SMILES string of the molecule is C[C@H](O)[C@H]1O[C@@H](n2ncc(=O)[nH]c2=O)[C@@](Cl)(C#CCl)C1O. The molecule has 10 heteroatoms. The zero-order chi connectivity index (χ0) is 15.8. The van der Waals surface area contributed by atoms with Gasteiger partial charge in [-0.2, -0.15) is 9.78 Å². The van der Waals surface area contributed by atoms with Crippen LogP contribution in [0.15, 0.2) is 15.8 Å². The number of H-pyrrole nitrogens is 1. The van der Waals surface area contributed by atoms with Crippen molar-refractivity contribution in [2.45, 2.75) is 36.3 Å². The van der Waals surface area contributed by atoms with Crippen LogP contribution in [0.3, 0.4) is 0 Å². The predicted molar refractivity (Wildman–Crippen MR) is 72.9 cm³/mol. The largest absolute Gasteiger partial charge is 0.391 e. The molecule has 0 bridgehead atoms. The van der Waals surface area contributed by atoms with Crippen molar-refractivity contribution in [2.24, 2.45) is 0 Å². The van der Waals surface area contributed by atoms with Crippen LogP contribution in [-0.4, -0.2) is 48.2 Å².